The second-order valence-corrected chi connectivity index (χ2v) is 3.41. The third-order valence-electron chi connectivity index (χ3n) is 2.39. The quantitative estimate of drug-likeness (QED) is 0.433. The third-order valence-corrected chi connectivity index (χ3v) is 2.39. The van der Waals surface area contributed by atoms with E-state index in [1.807, 2.05) is 0 Å². The van der Waals surface area contributed by atoms with Gasteiger partial charge in [-0.2, -0.15) is 0 Å². The molecule has 2 radical (unpaired) electrons. The summed E-state index contributed by atoms with van der Waals surface area (Å²) < 4.78 is 5.35. The molecular weight excluding hydrogens is 624 g/mol. The van der Waals surface area contributed by atoms with Crippen LogP contribution in [0.3, 0.4) is 0 Å². The molecule has 1 saturated heterocycles. The van der Waals surface area contributed by atoms with Crippen LogP contribution >= 0.6 is 0 Å². The maximum atomic E-state index is 9.46. The molecule has 5 atom stereocenters. The van der Waals surface area contributed by atoms with Crippen molar-refractivity contribution in [2.45, 2.75) is 43.8 Å². The Morgan fingerprint density at radius 2 is 1.87 bits per heavy atom. The molecule has 82 valence electrons. The Kier molecular flexibility index (Phi) is 12.4. The largest absolute Gasteiger partial charge is 0.670 e. The molecule has 0 aromatic carbocycles. The first-order valence-corrected chi connectivity index (χ1v) is 4.41. The van der Waals surface area contributed by atoms with Gasteiger partial charge in [-0.05, 0) is 13.3 Å². The Morgan fingerprint density at radius 1 is 1.33 bits per heavy atom. The third kappa shape index (κ3) is 5.31. The van der Waals surface area contributed by atoms with E-state index in [0.717, 1.165) is 0 Å². The van der Waals surface area contributed by atoms with Crippen LogP contribution in [0.25, 0.3) is 5.73 Å². The maximum Gasteiger partial charge on any atom is 0.104 e. The minimum Gasteiger partial charge on any atom is -0.670 e. The van der Waals surface area contributed by atoms with Crippen LogP contribution < -0.4 is 0 Å². The fraction of sp³-hybridized carbons (Fsp3) is 0.778. The Bertz CT molecular complexity index is 194. The van der Waals surface area contributed by atoms with Crippen molar-refractivity contribution in [2.75, 3.05) is 0 Å². The molecule has 0 bridgehead atoms. The fourth-order valence-electron chi connectivity index (χ4n) is 1.52. The first-order valence-electron chi connectivity index (χ1n) is 4.41. The van der Waals surface area contributed by atoms with Crippen LogP contribution in [0.1, 0.15) is 13.3 Å². The molecule has 3 N–H and O–H groups in total. The molecule has 4 nitrogen and oxygen atoms in total. The van der Waals surface area contributed by atoms with Gasteiger partial charge in [-0.1, -0.05) is 12.1 Å². The van der Waals surface area contributed by atoms with Crippen molar-refractivity contribution < 1.29 is 103 Å². The summed E-state index contributed by atoms with van der Waals surface area (Å²) in [6, 6.07) is -0.788. The molecule has 1 heterocycles. The van der Waals surface area contributed by atoms with Crippen LogP contribution in [0.15, 0.2) is 12.7 Å². The summed E-state index contributed by atoms with van der Waals surface area (Å²) in [5.41, 5.74) is 7.58. The number of nitrogens with one attached hydrogen (secondary N) is 1. The van der Waals surface area contributed by atoms with Gasteiger partial charge in [0.2, 0.25) is 0 Å². The van der Waals surface area contributed by atoms with Crippen LogP contribution in [0.4, 0.5) is 0 Å². The van der Waals surface area contributed by atoms with E-state index >= 15 is 0 Å². The van der Waals surface area contributed by atoms with Gasteiger partial charge >= 0.3 is 0 Å². The van der Waals surface area contributed by atoms with Crippen molar-refractivity contribution in [3.8, 4) is 0 Å². The van der Waals surface area contributed by atoms with Crippen molar-refractivity contribution >= 4 is 0 Å². The van der Waals surface area contributed by atoms with E-state index in [9.17, 15) is 10.2 Å². The van der Waals surface area contributed by atoms with Gasteiger partial charge in [0, 0.05) is 94.2 Å². The number of hydrogen-bond acceptors (Lipinski definition) is 3. The summed E-state index contributed by atoms with van der Waals surface area (Å²) in [5.74, 6) is 0. The van der Waals surface area contributed by atoms with Gasteiger partial charge in [0.05, 0.1) is 12.2 Å². The van der Waals surface area contributed by atoms with Crippen LogP contribution in [-0.2, 0) is 4.74 Å². The minimum absolute atomic E-state index is 0. The second-order valence-electron chi connectivity index (χ2n) is 3.41. The van der Waals surface area contributed by atoms with Crippen LogP contribution in [0.5, 0.6) is 0 Å². The van der Waals surface area contributed by atoms with Crippen molar-refractivity contribution in [2.24, 2.45) is 0 Å². The summed E-state index contributed by atoms with van der Waals surface area (Å²) >= 11 is 0. The molecule has 0 saturated carbocycles. The molecule has 1 aliphatic heterocycles. The molecule has 4 unspecified atom stereocenters. The molecule has 0 spiro atoms. The number of rotatable bonds is 2. The van der Waals surface area contributed by atoms with E-state index in [1.54, 1.807) is 13.0 Å². The van der Waals surface area contributed by atoms with Crippen molar-refractivity contribution in [3.63, 3.8) is 0 Å². The molecule has 0 aromatic heterocycles. The van der Waals surface area contributed by atoms with Gasteiger partial charge < -0.3 is 20.7 Å². The normalized spacial score (nSPS) is 39.9. The zero-order chi connectivity index (χ0) is 10.0. The van der Waals surface area contributed by atoms with Crippen molar-refractivity contribution in [1.82, 2.24) is 0 Å². The smallest absolute Gasteiger partial charge is 0.104 e. The van der Waals surface area contributed by atoms with Crippen LogP contribution in [0.2, 0.25) is 0 Å². The molecule has 15 heavy (non-hydrogen) atoms. The van der Waals surface area contributed by atoms with E-state index in [0.29, 0.717) is 6.42 Å². The molecule has 0 amide bonds. The predicted octanol–water partition coefficient (Wildman–Crippen LogP) is 0.492. The fourth-order valence-corrected chi connectivity index (χ4v) is 1.52. The van der Waals surface area contributed by atoms with Crippen LogP contribution in [-0.4, -0.2) is 40.7 Å². The Balaban J connectivity index is 0. The van der Waals surface area contributed by atoms with Gasteiger partial charge in [-0.3, -0.25) is 0 Å². The molecule has 1 fully saturated rings. The summed E-state index contributed by atoms with van der Waals surface area (Å²) in [6.45, 7) is 5.24. The van der Waals surface area contributed by atoms with Gasteiger partial charge in [0.25, 0.3) is 0 Å². The van der Waals surface area contributed by atoms with E-state index < -0.39 is 24.4 Å². The van der Waals surface area contributed by atoms with Gasteiger partial charge in [-0.15, -0.1) is 6.58 Å². The summed E-state index contributed by atoms with van der Waals surface area (Å²) in [5, 5.41) is 18.8. The second kappa shape index (κ2) is 9.40. The zero-order valence-electron chi connectivity index (χ0n) is 8.84. The van der Waals surface area contributed by atoms with Crippen molar-refractivity contribution in [1.29, 1.82) is 0 Å². The Labute approximate surface area is 162 Å². The number of aliphatic hydroxyl groups excluding tert-OH is 2. The monoisotopic (exact) mass is 640 g/mol. The average Bonchev–Trinajstić information content (AvgIpc) is 2.11. The molecule has 1 aliphatic rings. The molecule has 0 aliphatic carbocycles. The maximum absolute atomic E-state index is 9.46. The molecule has 0 aromatic rings. The Hall–Kier alpha value is 2.46. The first kappa shape index (κ1) is 19.8. The van der Waals surface area contributed by atoms with E-state index in [-0.39, 0.29) is 94.2 Å². The number of ether oxygens (including phenoxy) is 1. The molecular formula is C9H16Ac2NO3-. The molecule has 1 rings (SSSR count). The number of hydrogen-bond donors (Lipinski definition) is 2. The summed E-state index contributed by atoms with van der Waals surface area (Å²) in [6.07, 6.45) is -0.559. The molecule has 6 heteroatoms. The summed E-state index contributed by atoms with van der Waals surface area (Å²) in [4.78, 5) is 0. The Morgan fingerprint density at radius 3 is 2.33 bits per heavy atom. The predicted molar refractivity (Wildman–Crippen MR) is 49.3 cm³/mol. The topological polar surface area (TPSA) is 73.5 Å². The SMILES string of the molecule is C=CC[C@H]1OC(C)C(O)C(O)C1[NH-].[Ac].[Ac]. The zero-order valence-corrected chi connectivity index (χ0v) is 18.3. The first-order chi connectivity index (χ1) is 6.07. The summed E-state index contributed by atoms with van der Waals surface area (Å²) in [7, 11) is 0. The van der Waals surface area contributed by atoms with Gasteiger partial charge in [0.1, 0.15) is 6.10 Å². The van der Waals surface area contributed by atoms with E-state index in [4.69, 9.17) is 10.5 Å². The standard InChI is InChI=1S/C9H16NO3.2Ac/c1-3-4-6-7(10)9(12)8(11)5(2)13-6;;/h3,5-12H,1,4H2,2H3;;/q-1;;/t5?,6-,7?,8?,9?;;/m1../s1. The van der Waals surface area contributed by atoms with Crippen LogP contribution in [0, 0.1) is 88.1 Å². The van der Waals surface area contributed by atoms with E-state index in [1.165, 1.54) is 0 Å². The van der Waals surface area contributed by atoms with E-state index in [2.05, 4.69) is 6.58 Å². The number of aliphatic hydroxyl groups is 2. The average molecular weight is 640 g/mol. The minimum atomic E-state index is -1.02. The van der Waals surface area contributed by atoms with Crippen molar-refractivity contribution in [3.05, 3.63) is 18.4 Å². The van der Waals surface area contributed by atoms with Gasteiger partial charge in [-0.25, -0.2) is 0 Å². The van der Waals surface area contributed by atoms with Gasteiger partial charge in [0.15, 0.2) is 0 Å².